The fourth-order valence-corrected chi connectivity index (χ4v) is 0.831. The second-order valence-electron chi connectivity index (χ2n) is 5.67. The van der Waals surface area contributed by atoms with Crippen molar-refractivity contribution in [2.24, 2.45) is 17.1 Å². The van der Waals surface area contributed by atoms with Crippen LogP contribution in [0.4, 0.5) is 0 Å². The van der Waals surface area contributed by atoms with E-state index in [1.807, 2.05) is 27.7 Å². The maximum absolute atomic E-state index is 11.8. The molecule has 15 heavy (non-hydrogen) atoms. The van der Waals surface area contributed by atoms with Crippen LogP contribution in [0.2, 0.25) is 0 Å². The van der Waals surface area contributed by atoms with Crippen molar-refractivity contribution in [1.29, 1.82) is 0 Å². The molecule has 3 nitrogen and oxygen atoms in total. The Morgan fingerprint density at radius 3 is 2.07 bits per heavy atom. The summed E-state index contributed by atoms with van der Waals surface area (Å²) < 4.78 is 5.23. The van der Waals surface area contributed by atoms with Crippen LogP contribution in [-0.4, -0.2) is 18.1 Å². The Labute approximate surface area is 93.4 Å². The minimum atomic E-state index is -0.649. The van der Waals surface area contributed by atoms with Gasteiger partial charge >= 0.3 is 5.97 Å². The molecular formula is C12H25NO2. The van der Waals surface area contributed by atoms with Crippen LogP contribution in [0.1, 0.15) is 48.0 Å². The molecule has 90 valence electrons. The summed E-state index contributed by atoms with van der Waals surface area (Å²) in [5.74, 6) is 0.336. The molecule has 0 atom stereocenters. The third-order valence-corrected chi connectivity index (χ3v) is 3.05. The molecule has 0 aliphatic carbocycles. The average Bonchev–Trinajstić information content (AvgIpc) is 2.01. The number of hydrogen-bond donors (Lipinski definition) is 1. The number of esters is 1. The second kappa shape index (κ2) is 4.97. The Balaban J connectivity index is 4.21. The normalized spacial score (nSPS) is 13.1. The van der Waals surface area contributed by atoms with Crippen molar-refractivity contribution in [3.63, 3.8) is 0 Å². The molecule has 0 saturated heterocycles. The van der Waals surface area contributed by atoms with Crippen LogP contribution in [-0.2, 0) is 9.53 Å². The lowest BCUT2D eigenvalue weighted by atomic mass is 9.75. The standard InChI is InChI=1S/C12H25NO2/c1-9(2)7-8-15-10(14)11(3,4)12(5,6)13/h9H,7-8,13H2,1-6H3. The number of rotatable bonds is 5. The lowest BCUT2D eigenvalue weighted by molar-refractivity contribution is -0.157. The number of carbonyl (C=O) groups excluding carboxylic acids is 1. The Morgan fingerprint density at radius 2 is 1.73 bits per heavy atom. The average molecular weight is 215 g/mol. The highest BCUT2D eigenvalue weighted by molar-refractivity contribution is 5.77. The largest absolute Gasteiger partial charge is 0.465 e. The summed E-state index contributed by atoms with van der Waals surface area (Å²) >= 11 is 0. The van der Waals surface area contributed by atoms with E-state index in [0.717, 1.165) is 6.42 Å². The maximum Gasteiger partial charge on any atom is 0.313 e. The van der Waals surface area contributed by atoms with Gasteiger partial charge in [0.2, 0.25) is 0 Å². The first-order valence-corrected chi connectivity index (χ1v) is 5.55. The summed E-state index contributed by atoms with van der Waals surface area (Å²) in [6.07, 6.45) is 0.896. The first kappa shape index (κ1) is 14.4. The highest BCUT2D eigenvalue weighted by atomic mass is 16.5. The number of ether oxygens (including phenoxy) is 1. The minimum absolute atomic E-state index is 0.212. The molecule has 0 aromatic rings. The lowest BCUT2D eigenvalue weighted by Crippen LogP contribution is -2.52. The molecule has 0 aliphatic heterocycles. The summed E-state index contributed by atoms with van der Waals surface area (Å²) in [5, 5.41) is 0. The SMILES string of the molecule is CC(C)CCOC(=O)C(C)(C)C(C)(C)N. The van der Waals surface area contributed by atoms with Gasteiger partial charge in [0.15, 0.2) is 0 Å². The van der Waals surface area contributed by atoms with Crippen LogP contribution in [0, 0.1) is 11.3 Å². The van der Waals surface area contributed by atoms with Crippen molar-refractivity contribution in [1.82, 2.24) is 0 Å². The van der Waals surface area contributed by atoms with Gasteiger partial charge in [0.05, 0.1) is 12.0 Å². The van der Waals surface area contributed by atoms with Gasteiger partial charge in [-0.1, -0.05) is 13.8 Å². The monoisotopic (exact) mass is 215 g/mol. The van der Waals surface area contributed by atoms with Crippen LogP contribution in [0.3, 0.4) is 0 Å². The second-order valence-corrected chi connectivity index (χ2v) is 5.67. The van der Waals surface area contributed by atoms with E-state index in [4.69, 9.17) is 10.5 Å². The molecule has 0 aromatic heterocycles. The van der Waals surface area contributed by atoms with Crippen molar-refractivity contribution in [2.75, 3.05) is 6.61 Å². The molecule has 0 heterocycles. The van der Waals surface area contributed by atoms with Gasteiger partial charge in [0, 0.05) is 5.54 Å². The molecule has 0 rings (SSSR count). The van der Waals surface area contributed by atoms with Gasteiger partial charge in [0.25, 0.3) is 0 Å². The van der Waals surface area contributed by atoms with Gasteiger partial charge in [-0.15, -0.1) is 0 Å². The minimum Gasteiger partial charge on any atom is -0.465 e. The van der Waals surface area contributed by atoms with Gasteiger partial charge in [-0.3, -0.25) is 4.79 Å². The molecule has 2 N–H and O–H groups in total. The quantitative estimate of drug-likeness (QED) is 0.716. The van der Waals surface area contributed by atoms with E-state index in [0.29, 0.717) is 12.5 Å². The lowest BCUT2D eigenvalue weighted by Gasteiger charge is -2.35. The van der Waals surface area contributed by atoms with E-state index in [-0.39, 0.29) is 5.97 Å². The van der Waals surface area contributed by atoms with Gasteiger partial charge in [-0.2, -0.15) is 0 Å². The molecule has 3 heteroatoms. The molecular weight excluding hydrogens is 190 g/mol. The Kier molecular flexibility index (Phi) is 4.78. The van der Waals surface area contributed by atoms with Crippen LogP contribution in [0.25, 0.3) is 0 Å². The maximum atomic E-state index is 11.8. The molecule has 0 fully saturated rings. The summed E-state index contributed by atoms with van der Waals surface area (Å²) in [7, 11) is 0. The predicted octanol–water partition coefficient (Wildman–Crippen LogP) is 2.34. The van der Waals surface area contributed by atoms with Crippen molar-refractivity contribution >= 4 is 5.97 Å². The Bertz CT molecular complexity index is 214. The molecule has 0 radical (unpaired) electrons. The van der Waals surface area contributed by atoms with Crippen molar-refractivity contribution < 1.29 is 9.53 Å². The summed E-state index contributed by atoms with van der Waals surface area (Å²) in [4.78, 5) is 11.8. The predicted molar refractivity (Wildman–Crippen MR) is 62.5 cm³/mol. The van der Waals surface area contributed by atoms with E-state index in [9.17, 15) is 4.79 Å². The Morgan fingerprint density at radius 1 is 1.27 bits per heavy atom. The zero-order valence-corrected chi connectivity index (χ0v) is 10.9. The first-order valence-electron chi connectivity index (χ1n) is 5.55. The van der Waals surface area contributed by atoms with Gasteiger partial charge < -0.3 is 10.5 Å². The van der Waals surface area contributed by atoms with E-state index in [2.05, 4.69) is 13.8 Å². The van der Waals surface area contributed by atoms with Crippen LogP contribution < -0.4 is 5.73 Å². The molecule has 0 aromatic carbocycles. The van der Waals surface area contributed by atoms with E-state index < -0.39 is 11.0 Å². The summed E-state index contributed by atoms with van der Waals surface area (Å²) in [6, 6.07) is 0. The van der Waals surface area contributed by atoms with Crippen LogP contribution in [0.15, 0.2) is 0 Å². The van der Waals surface area contributed by atoms with Crippen molar-refractivity contribution in [2.45, 2.75) is 53.5 Å². The van der Waals surface area contributed by atoms with Gasteiger partial charge in [0.1, 0.15) is 0 Å². The third-order valence-electron chi connectivity index (χ3n) is 3.05. The van der Waals surface area contributed by atoms with Crippen LogP contribution >= 0.6 is 0 Å². The summed E-state index contributed by atoms with van der Waals surface area (Å²) in [6.45, 7) is 12.0. The highest BCUT2D eigenvalue weighted by Gasteiger charge is 2.41. The fraction of sp³-hybridized carbons (Fsp3) is 0.917. The molecule has 0 spiro atoms. The number of nitrogens with two attached hydrogens (primary N) is 1. The van der Waals surface area contributed by atoms with Crippen LogP contribution in [0.5, 0.6) is 0 Å². The fourth-order valence-electron chi connectivity index (χ4n) is 0.831. The zero-order chi connectivity index (χ0) is 12.3. The van der Waals surface area contributed by atoms with E-state index >= 15 is 0 Å². The van der Waals surface area contributed by atoms with Gasteiger partial charge in [-0.05, 0) is 40.0 Å². The van der Waals surface area contributed by atoms with Gasteiger partial charge in [-0.25, -0.2) is 0 Å². The molecule has 0 unspecified atom stereocenters. The first-order chi connectivity index (χ1) is 6.59. The third kappa shape index (κ3) is 4.20. The summed E-state index contributed by atoms with van der Waals surface area (Å²) in [5.41, 5.74) is 4.73. The van der Waals surface area contributed by atoms with E-state index in [1.165, 1.54) is 0 Å². The molecule has 0 bridgehead atoms. The van der Waals surface area contributed by atoms with E-state index in [1.54, 1.807) is 0 Å². The number of carbonyl (C=O) groups is 1. The molecule has 0 saturated carbocycles. The molecule has 0 aliphatic rings. The molecule has 0 amide bonds. The topological polar surface area (TPSA) is 52.3 Å². The van der Waals surface area contributed by atoms with Crippen molar-refractivity contribution in [3.8, 4) is 0 Å². The smallest absolute Gasteiger partial charge is 0.313 e. The number of hydrogen-bond acceptors (Lipinski definition) is 3. The zero-order valence-electron chi connectivity index (χ0n) is 10.9. The highest BCUT2D eigenvalue weighted by Crippen LogP contribution is 2.29. The Hall–Kier alpha value is -0.570. The van der Waals surface area contributed by atoms with Crippen molar-refractivity contribution in [3.05, 3.63) is 0 Å².